The Labute approximate surface area is 259 Å². The van der Waals surface area contributed by atoms with Crippen molar-refractivity contribution in [3.63, 3.8) is 0 Å². The van der Waals surface area contributed by atoms with Gasteiger partial charge in [-0.2, -0.15) is 17.8 Å². The van der Waals surface area contributed by atoms with Gasteiger partial charge in [-0.15, -0.1) is 0 Å². The van der Waals surface area contributed by atoms with Crippen LogP contribution in [0.4, 0.5) is 0 Å². The van der Waals surface area contributed by atoms with Crippen molar-refractivity contribution in [1.29, 1.82) is 0 Å². The first-order chi connectivity index (χ1) is 17.4. The smallest absolute Gasteiger partial charge is 0 e. The van der Waals surface area contributed by atoms with Crippen molar-refractivity contribution in [1.82, 2.24) is 0 Å². The zero-order valence-electron chi connectivity index (χ0n) is 25.4. The second-order valence-corrected chi connectivity index (χ2v) is 11.1. The van der Waals surface area contributed by atoms with Crippen molar-refractivity contribution in [3.05, 3.63) is 41.3 Å². The van der Waals surface area contributed by atoms with E-state index in [-0.39, 0.29) is 40.1 Å². The van der Waals surface area contributed by atoms with Crippen LogP contribution in [-0.4, -0.2) is 0 Å². The molecule has 1 heteroatoms. The molecule has 0 aliphatic heterocycles. The quantitative estimate of drug-likeness (QED) is 0.266. The van der Waals surface area contributed by atoms with Crippen LogP contribution in [0, 0.1) is 47.3 Å². The van der Waals surface area contributed by atoms with Gasteiger partial charge in [0.05, 0.1) is 0 Å². The maximum atomic E-state index is 2.55. The van der Waals surface area contributed by atoms with Crippen LogP contribution in [-0.2, 0) is 32.7 Å². The third-order valence-corrected chi connectivity index (χ3v) is 10.4. The molecular weight excluding hydrogens is 521 g/mol. The minimum absolute atomic E-state index is 0. The maximum Gasteiger partial charge on any atom is 0 e. The minimum Gasteiger partial charge on any atom is -0.303 e. The number of hydrogen-bond acceptors (Lipinski definition) is 0. The van der Waals surface area contributed by atoms with Crippen LogP contribution in [0.5, 0.6) is 0 Å². The summed E-state index contributed by atoms with van der Waals surface area (Å²) >= 11 is 0. The van der Waals surface area contributed by atoms with Crippen LogP contribution in [0.25, 0.3) is 0 Å². The Morgan fingerprint density at radius 2 is 1.19 bits per heavy atom. The summed E-state index contributed by atoms with van der Waals surface area (Å²) in [6.45, 7) is 16.0. The first-order valence-electron chi connectivity index (χ1n) is 16.4. The van der Waals surface area contributed by atoms with Gasteiger partial charge < -0.3 is 5.92 Å². The predicted octanol–water partition coefficient (Wildman–Crippen LogP) is 11.9. The average Bonchev–Trinajstić information content (AvgIpc) is 3.31. The van der Waals surface area contributed by atoms with Gasteiger partial charge in [0.2, 0.25) is 0 Å². The molecule has 1 radical (unpaired) electrons. The predicted molar refractivity (Wildman–Crippen MR) is 163 cm³/mol. The summed E-state index contributed by atoms with van der Waals surface area (Å²) in [5, 5.41) is 0. The molecule has 0 heterocycles. The molecule has 0 amide bonds. The summed E-state index contributed by atoms with van der Waals surface area (Å²) in [5.74, 6) is 11.2. The summed E-state index contributed by atoms with van der Waals surface area (Å²) in [4.78, 5) is 0. The molecular formula is C36H63Y-. The molecule has 0 nitrogen and oxygen atoms in total. The minimum atomic E-state index is 0. The van der Waals surface area contributed by atoms with Crippen molar-refractivity contribution < 1.29 is 32.7 Å². The topological polar surface area (TPSA) is 0 Å². The van der Waals surface area contributed by atoms with E-state index in [4.69, 9.17) is 0 Å². The average molecular weight is 585 g/mol. The Hall–Kier alpha value is 0.324. The largest absolute Gasteiger partial charge is 0.303 e. The van der Waals surface area contributed by atoms with Crippen LogP contribution in [0.15, 0.2) is 24.3 Å². The fourth-order valence-corrected chi connectivity index (χ4v) is 9.89. The standard InChI is InChI=1S/C27H35.4C2H6.CH4.Y/c1-2-8-18-16(7-1)15-17-13-14-23-19-9-3-4-10-20(19)26-22-12-6-5-11-21(22)25(18)24(17)27(23)26;4*1-2;;/h3-4,9-10,16-18,21-24,26-27H,1-2,5-8,11-15H2;4*1-2H3;1H4;/q-1;;;;;;. The van der Waals surface area contributed by atoms with E-state index in [1.54, 1.807) is 31.2 Å². The normalized spacial score (nSPS) is 37.4. The van der Waals surface area contributed by atoms with E-state index >= 15 is 0 Å². The maximum absolute atomic E-state index is 2.55. The molecule has 0 aromatic heterocycles. The molecule has 6 aliphatic carbocycles. The molecule has 7 rings (SSSR count). The number of rotatable bonds is 0. The molecule has 9 unspecified atom stereocenters. The van der Waals surface area contributed by atoms with Gasteiger partial charge in [-0.3, -0.25) is 0 Å². The molecule has 9 atom stereocenters. The summed E-state index contributed by atoms with van der Waals surface area (Å²) in [6.07, 6.45) is 16.9. The molecule has 6 aliphatic rings. The van der Waals surface area contributed by atoms with Crippen molar-refractivity contribution in [2.45, 2.75) is 145 Å². The van der Waals surface area contributed by atoms with Crippen LogP contribution in [0.2, 0.25) is 0 Å². The van der Waals surface area contributed by atoms with E-state index in [2.05, 4.69) is 30.2 Å². The third-order valence-electron chi connectivity index (χ3n) is 10.4. The SMILES string of the molecule is C.CC.CC.CC.CC.[Y].c1ccc2c(c1)C1CCC3CC4CCCCC4[C-]4C5CCCCC5C2C1C43. The van der Waals surface area contributed by atoms with E-state index < -0.39 is 0 Å². The molecule has 5 saturated carbocycles. The van der Waals surface area contributed by atoms with Crippen LogP contribution in [0.3, 0.4) is 0 Å². The van der Waals surface area contributed by atoms with Crippen LogP contribution in [0.1, 0.15) is 156 Å². The Kier molecular flexibility index (Phi) is 16.4. The molecule has 5 fully saturated rings. The zero-order chi connectivity index (χ0) is 25.5. The second kappa shape index (κ2) is 17.2. The second-order valence-electron chi connectivity index (χ2n) is 11.1. The third kappa shape index (κ3) is 6.31. The Morgan fingerprint density at radius 3 is 1.86 bits per heavy atom. The Bertz CT molecular complexity index is 740. The van der Waals surface area contributed by atoms with Crippen molar-refractivity contribution in [2.24, 2.45) is 41.4 Å². The molecule has 1 aromatic carbocycles. The first kappa shape index (κ1) is 35.4. The number of hydrogen-bond donors (Lipinski definition) is 0. The van der Waals surface area contributed by atoms with E-state index in [0.717, 1.165) is 53.3 Å². The molecule has 0 N–H and O–H groups in total. The molecule has 1 aromatic rings. The van der Waals surface area contributed by atoms with Gasteiger partial charge in [0.25, 0.3) is 0 Å². The van der Waals surface area contributed by atoms with Gasteiger partial charge in [0.1, 0.15) is 0 Å². The van der Waals surface area contributed by atoms with Gasteiger partial charge in [0, 0.05) is 32.7 Å². The van der Waals surface area contributed by atoms with Gasteiger partial charge in [-0.25, -0.2) is 0 Å². The summed E-state index contributed by atoms with van der Waals surface area (Å²) in [5.41, 5.74) is 3.61. The van der Waals surface area contributed by atoms with Gasteiger partial charge >= 0.3 is 0 Å². The number of fused-ring (bicyclic) bond motifs is 8. The van der Waals surface area contributed by atoms with Crippen molar-refractivity contribution >= 4 is 0 Å². The van der Waals surface area contributed by atoms with E-state index in [1.165, 1.54) is 44.9 Å². The summed E-state index contributed by atoms with van der Waals surface area (Å²) in [7, 11) is 0. The molecule has 37 heavy (non-hydrogen) atoms. The Morgan fingerprint density at radius 1 is 0.622 bits per heavy atom. The van der Waals surface area contributed by atoms with E-state index in [1.807, 2.05) is 61.0 Å². The Balaban J connectivity index is 0.000000632. The van der Waals surface area contributed by atoms with Crippen molar-refractivity contribution in [3.8, 4) is 0 Å². The van der Waals surface area contributed by atoms with Gasteiger partial charge in [0.15, 0.2) is 0 Å². The molecule has 0 saturated heterocycles. The zero-order valence-corrected chi connectivity index (χ0v) is 28.2. The van der Waals surface area contributed by atoms with Crippen molar-refractivity contribution in [2.75, 3.05) is 0 Å². The number of benzene rings is 1. The van der Waals surface area contributed by atoms with Gasteiger partial charge in [-0.05, 0) is 29.4 Å². The van der Waals surface area contributed by atoms with Crippen LogP contribution >= 0.6 is 0 Å². The fourth-order valence-electron chi connectivity index (χ4n) is 9.89. The monoisotopic (exact) mass is 584 g/mol. The summed E-state index contributed by atoms with van der Waals surface area (Å²) in [6, 6.07) is 9.77. The molecule has 211 valence electrons. The summed E-state index contributed by atoms with van der Waals surface area (Å²) < 4.78 is 0. The van der Waals surface area contributed by atoms with E-state index in [0.29, 0.717) is 0 Å². The fraction of sp³-hybridized carbons (Fsp3) is 0.806. The van der Waals surface area contributed by atoms with E-state index in [9.17, 15) is 0 Å². The molecule has 0 bridgehead atoms. The van der Waals surface area contributed by atoms with Gasteiger partial charge in [-0.1, -0.05) is 175 Å². The van der Waals surface area contributed by atoms with Crippen LogP contribution < -0.4 is 0 Å². The first-order valence-corrected chi connectivity index (χ1v) is 16.4. The molecule has 0 spiro atoms.